The van der Waals surface area contributed by atoms with Gasteiger partial charge in [0.2, 0.25) is 5.79 Å². The van der Waals surface area contributed by atoms with E-state index in [0.29, 0.717) is 5.56 Å². The zero-order valence-corrected chi connectivity index (χ0v) is 8.30. The fraction of sp³-hybridized carbons (Fsp3) is 0.364. The Morgan fingerprint density at radius 3 is 2.33 bits per heavy atom. The highest BCUT2D eigenvalue weighted by Crippen LogP contribution is 2.42. The van der Waals surface area contributed by atoms with Crippen molar-refractivity contribution in [3.05, 3.63) is 35.9 Å². The summed E-state index contributed by atoms with van der Waals surface area (Å²) in [5.74, 6) is -2.75. The normalized spacial score (nSPS) is 28.9. The van der Waals surface area contributed by atoms with Gasteiger partial charge in [-0.3, -0.25) is 4.79 Å². The summed E-state index contributed by atoms with van der Waals surface area (Å²) in [6.45, 7) is 1.49. The van der Waals surface area contributed by atoms with Gasteiger partial charge >= 0.3 is 5.97 Å². The number of carbonyl (C=O) groups is 1. The lowest BCUT2D eigenvalue weighted by atomic mass is 9.87. The predicted molar refractivity (Wildman–Crippen MR) is 51.7 cm³/mol. The highest BCUT2D eigenvalue weighted by atomic mass is 16.6. The molecule has 1 saturated heterocycles. The van der Waals surface area contributed by atoms with Gasteiger partial charge in [0, 0.05) is 5.56 Å². The second kappa shape index (κ2) is 3.05. The maximum atomic E-state index is 11.1. The molecule has 1 fully saturated rings. The molecule has 1 unspecified atom stereocenters. The largest absolute Gasteiger partial charge is 0.448 e. The number of hydrogen-bond acceptors (Lipinski definition) is 4. The lowest BCUT2D eigenvalue weighted by Crippen LogP contribution is -2.46. The molecule has 1 aliphatic heterocycles. The minimum atomic E-state index is -2.15. The van der Waals surface area contributed by atoms with Gasteiger partial charge in [-0.2, -0.15) is 0 Å². The van der Waals surface area contributed by atoms with Crippen LogP contribution in [0, 0.1) is 0 Å². The lowest BCUT2D eigenvalue weighted by molar-refractivity contribution is -0.241. The Morgan fingerprint density at radius 2 is 1.87 bits per heavy atom. The van der Waals surface area contributed by atoms with Gasteiger partial charge in [0.15, 0.2) is 5.60 Å². The predicted octanol–water partition coefficient (Wildman–Crippen LogP) is 0.530. The summed E-state index contributed by atoms with van der Waals surface area (Å²) in [5.41, 5.74) is -0.813. The van der Waals surface area contributed by atoms with Crippen molar-refractivity contribution in [2.45, 2.75) is 24.7 Å². The molecule has 2 rings (SSSR count). The minimum Gasteiger partial charge on any atom is -0.448 e. The average molecular weight is 208 g/mol. The monoisotopic (exact) mass is 208 g/mol. The first kappa shape index (κ1) is 10.1. The van der Waals surface area contributed by atoms with E-state index in [4.69, 9.17) is 4.74 Å². The Balaban J connectivity index is 2.47. The van der Waals surface area contributed by atoms with E-state index in [9.17, 15) is 15.0 Å². The first-order valence-corrected chi connectivity index (χ1v) is 4.68. The van der Waals surface area contributed by atoms with Crippen LogP contribution in [0.5, 0.6) is 0 Å². The van der Waals surface area contributed by atoms with Gasteiger partial charge < -0.3 is 14.9 Å². The molecule has 1 aliphatic rings. The van der Waals surface area contributed by atoms with E-state index >= 15 is 0 Å². The number of benzene rings is 1. The number of carbonyl (C=O) groups excluding carboxylic acids is 1. The summed E-state index contributed by atoms with van der Waals surface area (Å²) < 4.78 is 5.01. The molecule has 4 heteroatoms. The molecule has 1 aromatic rings. The second-order valence-electron chi connectivity index (χ2n) is 3.87. The molecule has 1 heterocycles. The highest BCUT2D eigenvalue weighted by Gasteiger charge is 2.57. The van der Waals surface area contributed by atoms with Crippen LogP contribution in [0.2, 0.25) is 0 Å². The van der Waals surface area contributed by atoms with Crippen LogP contribution < -0.4 is 0 Å². The van der Waals surface area contributed by atoms with E-state index in [0.717, 1.165) is 0 Å². The van der Waals surface area contributed by atoms with Crippen LogP contribution in [-0.2, 0) is 15.1 Å². The van der Waals surface area contributed by atoms with Crippen molar-refractivity contribution in [3.63, 3.8) is 0 Å². The summed E-state index contributed by atoms with van der Waals surface area (Å²) in [4.78, 5) is 11.1. The third-order valence-electron chi connectivity index (χ3n) is 2.80. The number of ether oxygens (including phenoxy) is 1. The minimum absolute atomic E-state index is 0.404. The van der Waals surface area contributed by atoms with E-state index in [1.165, 1.54) is 6.92 Å². The Kier molecular flexibility index (Phi) is 2.06. The van der Waals surface area contributed by atoms with Gasteiger partial charge in [-0.1, -0.05) is 30.3 Å². The number of rotatable bonds is 1. The van der Waals surface area contributed by atoms with Crippen molar-refractivity contribution in [2.24, 2.45) is 0 Å². The van der Waals surface area contributed by atoms with Crippen LogP contribution in [-0.4, -0.2) is 22.0 Å². The molecule has 0 spiro atoms. The van der Waals surface area contributed by atoms with E-state index < -0.39 is 23.8 Å². The number of esters is 1. The van der Waals surface area contributed by atoms with Crippen LogP contribution in [0.25, 0.3) is 0 Å². The van der Waals surface area contributed by atoms with Gasteiger partial charge in [-0.05, 0) is 6.92 Å². The lowest BCUT2D eigenvalue weighted by Gasteiger charge is -2.32. The number of aliphatic hydroxyl groups is 2. The van der Waals surface area contributed by atoms with Crippen molar-refractivity contribution in [3.8, 4) is 0 Å². The third-order valence-corrected chi connectivity index (χ3v) is 2.80. The van der Waals surface area contributed by atoms with E-state index in [1.807, 2.05) is 0 Å². The Labute approximate surface area is 87.1 Å². The molecule has 80 valence electrons. The van der Waals surface area contributed by atoms with Crippen molar-refractivity contribution < 1.29 is 19.7 Å². The van der Waals surface area contributed by atoms with Gasteiger partial charge in [-0.15, -0.1) is 0 Å². The molecule has 2 N–H and O–H groups in total. The summed E-state index contributed by atoms with van der Waals surface area (Å²) in [6.07, 6.45) is -0.404. The van der Waals surface area contributed by atoms with Crippen molar-refractivity contribution in [2.75, 3.05) is 0 Å². The first-order chi connectivity index (χ1) is 6.96. The van der Waals surface area contributed by atoms with Gasteiger partial charge in [0.25, 0.3) is 0 Å². The van der Waals surface area contributed by atoms with Crippen LogP contribution >= 0.6 is 0 Å². The fourth-order valence-electron chi connectivity index (χ4n) is 1.76. The van der Waals surface area contributed by atoms with Gasteiger partial charge in [-0.25, -0.2) is 0 Å². The highest BCUT2D eigenvalue weighted by molar-refractivity contribution is 5.74. The molecule has 0 radical (unpaired) electrons. The average Bonchev–Trinajstić information content (AvgIpc) is 2.38. The molecular formula is C11H12O4. The van der Waals surface area contributed by atoms with Crippen molar-refractivity contribution in [1.82, 2.24) is 0 Å². The maximum absolute atomic E-state index is 11.1. The standard InChI is InChI=1S/C11H12O4/c1-10(8-5-3-2-4-6-8)11(13,14)7-9(12)15-10/h2-6,13-14H,7H2,1H3. The number of hydrogen-bond donors (Lipinski definition) is 2. The molecule has 15 heavy (non-hydrogen) atoms. The zero-order valence-electron chi connectivity index (χ0n) is 8.30. The summed E-state index contributed by atoms with van der Waals surface area (Å²) in [7, 11) is 0. The second-order valence-corrected chi connectivity index (χ2v) is 3.87. The Hall–Kier alpha value is -1.39. The fourth-order valence-corrected chi connectivity index (χ4v) is 1.76. The topological polar surface area (TPSA) is 66.8 Å². The van der Waals surface area contributed by atoms with E-state index in [-0.39, 0.29) is 0 Å². The van der Waals surface area contributed by atoms with Gasteiger partial charge in [0.1, 0.15) is 6.42 Å². The molecule has 4 nitrogen and oxygen atoms in total. The van der Waals surface area contributed by atoms with Crippen LogP contribution in [0.1, 0.15) is 18.9 Å². The Bertz CT molecular complexity index is 385. The first-order valence-electron chi connectivity index (χ1n) is 4.68. The smallest absolute Gasteiger partial charge is 0.312 e. The molecule has 1 atom stereocenters. The van der Waals surface area contributed by atoms with Crippen LogP contribution in [0.4, 0.5) is 0 Å². The van der Waals surface area contributed by atoms with E-state index in [1.54, 1.807) is 30.3 Å². The molecular weight excluding hydrogens is 196 g/mol. The molecule has 0 aromatic heterocycles. The molecule has 0 amide bonds. The maximum Gasteiger partial charge on any atom is 0.312 e. The van der Waals surface area contributed by atoms with Crippen LogP contribution in [0.3, 0.4) is 0 Å². The summed E-state index contributed by atoms with van der Waals surface area (Å²) in [6, 6.07) is 8.70. The van der Waals surface area contributed by atoms with Gasteiger partial charge in [0.05, 0.1) is 0 Å². The van der Waals surface area contributed by atoms with Crippen molar-refractivity contribution >= 4 is 5.97 Å². The molecule has 1 aromatic carbocycles. The Morgan fingerprint density at radius 1 is 1.27 bits per heavy atom. The third kappa shape index (κ3) is 1.42. The quantitative estimate of drug-likeness (QED) is 0.522. The summed E-state index contributed by atoms with van der Waals surface area (Å²) in [5, 5.41) is 19.5. The molecule has 0 saturated carbocycles. The molecule has 0 bridgehead atoms. The SMILES string of the molecule is CC1(c2ccccc2)OC(=O)CC1(O)O. The van der Waals surface area contributed by atoms with E-state index in [2.05, 4.69) is 0 Å². The molecule has 0 aliphatic carbocycles. The van der Waals surface area contributed by atoms with Crippen LogP contribution in [0.15, 0.2) is 30.3 Å². The number of cyclic esters (lactones) is 1. The van der Waals surface area contributed by atoms with Crippen molar-refractivity contribution in [1.29, 1.82) is 0 Å². The summed E-state index contributed by atoms with van der Waals surface area (Å²) >= 11 is 0. The zero-order chi connectivity index (χ0) is 11.1.